The summed E-state index contributed by atoms with van der Waals surface area (Å²) in [7, 11) is 0. The van der Waals surface area contributed by atoms with Gasteiger partial charge in [-0.2, -0.15) is 15.0 Å². The number of hydrogen-bond donors (Lipinski definition) is 2. The van der Waals surface area contributed by atoms with Crippen LogP contribution in [0, 0.1) is 0 Å². The molecule has 0 bridgehead atoms. The third-order valence-corrected chi connectivity index (χ3v) is 3.28. The first-order chi connectivity index (χ1) is 9.98. The number of aromatic nitrogens is 3. The molecule has 21 heavy (non-hydrogen) atoms. The Morgan fingerprint density at radius 2 is 1.67 bits per heavy atom. The molecular formula is C15H28N6. The van der Waals surface area contributed by atoms with Gasteiger partial charge in [-0.25, -0.2) is 0 Å². The Morgan fingerprint density at radius 3 is 2.29 bits per heavy atom. The van der Waals surface area contributed by atoms with Gasteiger partial charge in [-0.15, -0.1) is 0 Å². The van der Waals surface area contributed by atoms with Gasteiger partial charge in [0.2, 0.25) is 17.8 Å². The molecule has 6 nitrogen and oxygen atoms in total. The Hall–Kier alpha value is -1.59. The summed E-state index contributed by atoms with van der Waals surface area (Å²) in [4.78, 5) is 15.9. The molecule has 1 aliphatic heterocycles. The molecule has 0 atom stereocenters. The van der Waals surface area contributed by atoms with Crippen LogP contribution in [-0.4, -0.2) is 40.1 Å². The summed E-state index contributed by atoms with van der Waals surface area (Å²) in [6.45, 7) is 11.4. The van der Waals surface area contributed by atoms with Crippen molar-refractivity contribution in [3.63, 3.8) is 0 Å². The van der Waals surface area contributed by atoms with Crippen LogP contribution in [0.1, 0.15) is 53.4 Å². The quantitative estimate of drug-likeness (QED) is 0.870. The summed E-state index contributed by atoms with van der Waals surface area (Å²) in [6, 6.07) is 0. The SMILES string of the molecule is CCCNc1nc(NC(C)(C)C)nc(N2CCCCC2)n1. The van der Waals surface area contributed by atoms with Gasteiger partial charge in [0.15, 0.2) is 0 Å². The summed E-state index contributed by atoms with van der Waals surface area (Å²) in [5.74, 6) is 2.10. The molecule has 0 aliphatic carbocycles. The minimum absolute atomic E-state index is 0.0669. The third kappa shape index (κ3) is 5.02. The summed E-state index contributed by atoms with van der Waals surface area (Å²) in [6.07, 6.45) is 4.78. The molecule has 1 aromatic heterocycles. The maximum absolute atomic E-state index is 4.60. The molecule has 0 unspecified atom stereocenters. The van der Waals surface area contributed by atoms with Gasteiger partial charge in [-0.1, -0.05) is 6.92 Å². The van der Waals surface area contributed by atoms with Crippen LogP contribution in [0.2, 0.25) is 0 Å². The molecule has 0 radical (unpaired) electrons. The van der Waals surface area contributed by atoms with Gasteiger partial charge in [-0.3, -0.25) is 0 Å². The molecular weight excluding hydrogens is 264 g/mol. The van der Waals surface area contributed by atoms with E-state index in [0.717, 1.165) is 32.0 Å². The summed E-state index contributed by atoms with van der Waals surface area (Å²) < 4.78 is 0. The zero-order valence-corrected chi connectivity index (χ0v) is 13.7. The largest absolute Gasteiger partial charge is 0.354 e. The predicted molar refractivity (Wildman–Crippen MR) is 88.0 cm³/mol. The molecule has 6 heteroatoms. The third-order valence-electron chi connectivity index (χ3n) is 3.28. The fourth-order valence-electron chi connectivity index (χ4n) is 2.31. The lowest BCUT2D eigenvalue weighted by molar-refractivity contribution is 0.566. The Kier molecular flexibility index (Phi) is 5.20. The second-order valence-electron chi connectivity index (χ2n) is 6.63. The van der Waals surface area contributed by atoms with Crippen LogP contribution in [0.4, 0.5) is 17.8 Å². The number of nitrogens with zero attached hydrogens (tertiary/aromatic N) is 4. The minimum atomic E-state index is -0.0669. The van der Waals surface area contributed by atoms with Crippen LogP contribution in [0.3, 0.4) is 0 Å². The number of rotatable bonds is 5. The second kappa shape index (κ2) is 6.91. The van der Waals surface area contributed by atoms with Gasteiger partial charge in [-0.05, 0) is 46.5 Å². The van der Waals surface area contributed by atoms with Gasteiger partial charge >= 0.3 is 0 Å². The molecule has 118 valence electrons. The van der Waals surface area contributed by atoms with E-state index in [0.29, 0.717) is 11.9 Å². The standard InChI is InChI=1S/C15H28N6/c1-5-9-16-12-17-13(20-15(2,3)4)19-14(18-12)21-10-7-6-8-11-21/h5-11H2,1-4H3,(H2,16,17,18,19,20). The van der Waals surface area contributed by atoms with Crippen LogP contribution in [0.15, 0.2) is 0 Å². The van der Waals surface area contributed by atoms with Gasteiger partial charge in [0, 0.05) is 25.2 Å². The van der Waals surface area contributed by atoms with Crippen molar-refractivity contribution in [2.75, 3.05) is 35.2 Å². The fraction of sp³-hybridized carbons (Fsp3) is 0.800. The summed E-state index contributed by atoms with van der Waals surface area (Å²) >= 11 is 0. The first-order valence-electron chi connectivity index (χ1n) is 8.01. The van der Waals surface area contributed by atoms with Crippen LogP contribution >= 0.6 is 0 Å². The van der Waals surface area contributed by atoms with E-state index < -0.39 is 0 Å². The minimum Gasteiger partial charge on any atom is -0.354 e. The molecule has 1 aliphatic rings. The van der Waals surface area contributed by atoms with E-state index in [2.05, 4.69) is 58.2 Å². The lowest BCUT2D eigenvalue weighted by Gasteiger charge is -2.28. The predicted octanol–water partition coefficient (Wildman–Crippen LogP) is 2.89. The summed E-state index contributed by atoms with van der Waals surface area (Å²) in [5, 5.41) is 6.62. The first-order valence-corrected chi connectivity index (χ1v) is 8.01. The highest BCUT2D eigenvalue weighted by Crippen LogP contribution is 2.20. The number of anilines is 3. The van der Waals surface area contributed by atoms with Crippen molar-refractivity contribution >= 4 is 17.8 Å². The van der Waals surface area contributed by atoms with Crippen molar-refractivity contribution in [1.82, 2.24) is 15.0 Å². The maximum Gasteiger partial charge on any atom is 0.231 e. The number of nitrogens with one attached hydrogen (secondary N) is 2. The Morgan fingerprint density at radius 1 is 1.00 bits per heavy atom. The van der Waals surface area contributed by atoms with E-state index in [-0.39, 0.29) is 5.54 Å². The van der Waals surface area contributed by atoms with Crippen LogP contribution in [-0.2, 0) is 0 Å². The van der Waals surface area contributed by atoms with Crippen LogP contribution in [0.25, 0.3) is 0 Å². The molecule has 0 spiro atoms. The number of piperidine rings is 1. The van der Waals surface area contributed by atoms with Crippen molar-refractivity contribution in [2.45, 2.75) is 58.9 Å². The molecule has 0 saturated carbocycles. The highest BCUT2D eigenvalue weighted by Gasteiger charge is 2.18. The summed E-state index contributed by atoms with van der Waals surface area (Å²) in [5.41, 5.74) is -0.0669. The monoisotopic (exact) mass is 292 g/mol. The zero-order chi connectivity index (χ0) is 15.3. The lowest BCUT2D eigenvalue weighted by Crippen LogP contribution is -2.33. The van der Waals surface area contributed by atoms with Crippen molar-refractivity contribution in [1.29, 1.82) is 0 Å². The molecule has 1 aromatic rings. The molecule has 2 rings (SSSR count). The van der Waals surface area contributed by atoms with Crippen molar-refractivity contribution in [2.24, 2.45) is 0 Å². The Balaban J connectivity index is 2.22. The Labute approximate surface area is 127 Å². The normalized spacial score (nSPS) is 15.9. The van der Waals surface area contributed by atoms with Gasteiger partial charge in [0.05, 0.1) is 0 Å². The van der Waals surface area contributed by atoms with Crippen LogP contribution < -0.4 is 15.5 Å². The van der Waals surface area contributed by atoms with E-state index in [1.165, 1.54) is 19.3 Å². The van der Waals surface area contributed by atoms with E-state index in [1.807, 2.05) is 0 Å². The van der Waals surface area contributed by atoms with E-state index >= 15 is 0 Å². The highest BCUT2D eigenvalue weighted by molar-refractivity contribution is 5.44. The van der Waals surface area contributed by atoms with Crippen molar-refractivity contribution in [3.8, 4) is 0 Å². The van der Waals surface area contributed by atoms with E-state index in [1.54, 1.807) is 0 Å². The van der Waals surface area contributed by atoms with E-state index in [9.17, 15) is 0 Å². The highest BCUT2D eigenvalue weighted by atomic mass is 15.3. The van der Waals surface area contributed by atoms with Crippen LogP contribution in [0.5, 0.6) is 0 Å². The fourth-order valence-corrected chi connectivity index (χ4v) is 2.31. The van der Waals surface area contributed by atoms with Gasteiger partial charge in [0.25, 0.3) is 0 Å². The average molecular weight is 292 g/mol. The maximum atomic E-state index is 4.60. The van der Waals surface area contributed by atoms with Gasteiger partial charge < -0.3 is 15.5 Å². The molecule has 1 saturated heterocycles. The molecule has 2 heterocycles. The van der Waals surface area contributed by atoms with Crippen molar-refractivity contribution in [3.05, 3.63) is 0 Å². The lowest BCUT2D eigenvalue weighted by atomic mass is 10.1. The zero-order valence-electron chi connectivity index (χ0n) is 13.7. The second-order valence-corrected chi connectivity index (χ2v) is 6.63. The smallest absolute Gasteiger partial charge is 0.231 e. The molecule has 0 aromatic carbocycles. The van der Waals surface area contributed by atoms with Gasteiger partial charge in [0.1, 0.15) is 0 Å². The first kappa shape index (κ1) is 15.8. The molecule has 1 fully saturated rings. The number of hydrogen-bond acceptors (Lipinski definition) is 6. The van der Waals surface area contributed by atoms with Crippen molar-refractivity contribution < 1.29 is 0 Å². The average Bonchev–Trinajstić information content (AvgIpc) is 2.44. The molecule has 0 amide bonds. The van der Waals surface area contributed by atoms with E-state index in [4.69, 9.17) is 0 Å². The molecule has 2 N–H and O–H groups in total. The Bertz CT molecular complexity index is 448. The topological polar surface area (TPSA) is 66.0 Å².